The molecular formula is C19H28N4O4S. The van der Waals surface area contributed by atoms with E-state index in [0.717, 1.165) is 29.7 Å². The van der Waals surface area contributed by atoms with E-state index in [0.29, 0.717) is 23.3 Å². The lowest BCUT2D eigenvalue weighted by Crippen LogP contribution is -2.40. The van der Waals surface area contributed by atoms with Gasteiger partial charge in [0.15, 0.2) is 0 Å². The predicted molar refractivity (Wildman–Crippen MR) is 110 cm³/mol. The smallest absolute Gasteiger partial charge is 0.422 e. The lowest BCUT2D eigenvalue weighted by Gasteiger charge is -2.19. The first-order chi connectivity index (χ1) is 13.1. The third kappa shape index (κ3) is 4.15. The number of rotatable bonds is 6. The highest BCUT2D eigenvalue weighted by atomic mass is 32.1. The van der Waals surface area contributed by atoms with E-state index in [1.807, 2.05) is 13.8 Å². The molecule has 0 saturated heterocycles. The summed E-state index contributed by atoms with van der Waals surface area (Å²) in [6, 6.07) is 0.0298. The largest absolute Gasteiger partial charge is 0.443 e. The maximum Gasteiger partial charge on any atom is 0.422 e. The summed E-state index contributed by atoms with van der Waals surface area (Å²) in [7, 11) is 0. The zero-order valence-electron chi connectivity index (χ0n) is 17.0. The molecule has 0 aromatic carbocycles. The summed E-state index contributed by atoms with van der Waals surface area (Å²) < 4.78 is 8.34. The van der Waals surface area contributed by atoms with Crippen molar-refractivity contribution in [1.29, 1.82) is 0 Å². The van der Waals surface area contributed by atoms with Crippen molar-refractivity contribution in [2.45, 2.75) is 78.6 Å². The molecule has 1 aliphatic rings. The van der Waals surface area contributed by atoms with Gasteiger partial charge in [-0.05, 0) is 52.5 Å². The van der Waals surface area contributed by atoms with Gasteiger partial charge in [0.2, 0.25) is 0 Å². The fraction of sp³-hybridized carbons (Fsp3) is 0.632. The fourth-order valence-electron chi connectivity index (χ4n) is 3.15. The van der Waals surface area contributed by atoms with Gasteiger partial charge in [-0.15, -0.1) is 11.3 Å². The number of hydrogen-bond donors (Lipinski definition) is 2. The van der Waals surface area contributed by atoms with Crippen molar-refractivity contribution in [3.05, 3.63) is 31.3 Å². The lowest BCUT2D eigenvalue weighted by molar-refractivity contribution is 0.0497. The Balaban J connectivity index is 1.91. The number of nitrogens with one attached hydrogen (secondary N) is 2. The summed E-state index contributed by atoms with van der Waals surface area (Å²) in [5.41, 5.74) is 5.22. The van der Waals surface area contributed by atoms with E-state index in [1.54, 1.807) is 25.3 Å². The Morgan fingerprint density at radius 3 is 2.54 bits per heavy atom. The molecule has 2 heterocycles. The normalized spacial score (nSPS) is 14.5. The Kier molecular flexibility index (Phi) is 5.67. The number of nitrogens with zero attached hydrogens (tertiary/aromatic N) is 2. The van der Waals surface area contributed by atoms with Crippen LogP contribution in [0.3, 0.4) is 0 Å². The minimum absolute atomic E-state index is 0.0298. The predicted octanol–water partition coefficient (Wildman–Crippen LogP) is 2.81. The highest BCUT2D eigenvalue weighted by Gasteiger charge is 2.30. The van der Waals surface area contributed by atoms with Crippen LogP contribution in [0.25, 0.3) is 10.2 Å². The number of amides is 1. The molecule has 2 aromatic heterocycles. The van der Waals surface area contributed by atoms with Crippen LogP contribution in [0.2, 0.25) is 0 Å². The van der Waals surface area contributed by atoms with Crippen molar-refractivity contribution >= 4 is 27.6 Å². The molecule has 1 saturated carbocycles. The molecule has 9 heteroatoms. The molecular weight excluding hydrogens is 380 g/mol. The number of ether oxygens (including phenoxy) is 1. The van der Waals surface area contributed by atoms with E-state index in [-0.39, 0.29) is 17.3 Å². The Hall–Kier alpha value is -2.13. The number of carbonyl (C=O) groups is 1. The van der Waals surface area contributed by atoms with Crippen molar-refractivity contribution in [2.75, 3.05) is 0 Å². The van der Waals surface area contributed by atoms with Gasteiger partial charge in [-0.1, -0.05) is 6.92 Å². The summed E-state index contributed by atoms with van der Waals surface area (Å²) in [5.74, 6) is 0. The van der Waals surface area contributed by atoms with E-state index in [9.17, 15) is 14.4 Å². The zero-order chi connectivity index (χ0) is 20.6. The van der Waals surface area contributed by atoms with Gasteiger partial charge >= 0.3 is 11.8 Å². The molecule has 1 amide bonds. The molecule has 2 aromatic rings. The summed E-state index contributed by atoms with van der Waals surface area (Å²) in [5, 5.41) is 0.610. The molecule has 0 aliphatic heterocycles. The van der Waals surface area contributed by atoms with Crippen LogP contribution in [-0.2, 0) is 17.8 Å². The number of aryl methyl sites for hydroxylation is 2. The molecule has 3 rings (SSSR count). The minimum Gasteiger partial charge on any atom is -0.443 e. The van der Waals surface area contributed by atoms with E-state index < -0.39 is 11.7 Å². The highest BCUT2D eigenvalue weighted by molar-refractivity contribution is 7.18. The van der Waals surface area contributed by atoms with Gasteiger partial charge in [-0.3, -0.25) is 19.4 Å². The fourth-order valence-corrected chi connectivity index (χ4v) is 4.41. The van der Waals surface area contributed by atoms with Crippen LogP contribution in [0.4, 0.5) is 4.79 Å². The standard InChI is InChI=1S/C19H28N4O4S/c1-6-9-22-16-14(15(24)23(18(22)26)12-7-8-12)11(2)13(28-16)10-20-21-17(25)27-19(3,4)5/h12,20H,6-10H2,1-5H3,(H,21,25). The average molecular weight is 409 g/mol. The number of hydrazine groups is 1. The van der Waals surface area contributed by atoms with Crippen LogP contribution in [0.5, 0.6) is 0 Å². The van der Waals surface area contributed by atoms with Gasteiger partial charge in [0.1, 0.15) is 10.4 Å². The van der Waals surface area contributed by atoms with E-state index in [2.05, 4.69) is 10.9 Å². The van der Waals surface area contributed by atoms with Crippen LogP contribution in [0.15, 0.2) is 9.59 Å². The lowest BCUT2D eigenvalue weighted by atomic mass is 10.2. The second-order valence-corrected chi connectivity index (χ2v) is 9.23. The van der Waals surface area contributed by atoms with Gasteiger partial charge in [-0.2, -0.15) is 0 Å². The van der Waals surface area contributed by atoms with Gasteiger partial charge in [-0.25, -0.2) is 15.0 Å². The maximum atomic E-state index is 13.0. The third-order valence-electron chi connectivity index (χ3n) is 4.54. The average Bonchev–Trinajstić information content (AvgIpc) is 3.35. The summed E-state index contributed by atoms with van der Waals surface area (Å²) in [4.78, 5) is 39.3. The molecule has 0 radical (unpaired) electrons. The Bertz CT molecular complexity index is 1010. The van der Waals surface area contributed by atoms with E-state index in [4.69, 9.17) is 4.74 Å². The van der Waals surface area contributed by atoms with Crippen molar-refractivity contribution in [3.63, 3.8) is 0 Å². The monoisotopic (exact) mass is 408 g/mol. The van der Waals surface area contributed by atoms with Gasteiger partial charge in [0, 0.05) is 24.0 Å². The number of hydrogen-bond acceptors (Lipinski definition) is 6. The summed E-state index contributed by atoms with van der Waals surface area (Å²) in [6.45, 7) is 10.2. The van der Waals surface area contributed by atoms with E-state index >= 15 is 0 Å². The van der Waals surface area contributed by atoms with Gasteiger partial charge in [0.05, 0.1) is 5.39 Å². The molecule has 8 nitrogen and oxygen atoms in total. The number of fused-ring (bicyclic) bond motifs is 1. The van der Waals surface area contributed by atoms with Crippen molar-refractivity contribution in [3.8, 4) is 0 Å². The Morgan fingerprint density at radius 2 is 1.96 bits per heavy atom. The first kappa shape index (κ1) is 20.6. The molecule has 2 N–H and O–H groups in total. The summed E-state index contributed by atoms with van der Waals surface area (Å²) >= 11 is 1.42. The van der Waals surface area contributed by atoms with Gasteiger partial charge in [0.25, 0.3) is 5.56 Å². The quantitative estimate of drug-likeness (QED) is 0.717. The van der Waals surface area contributed by atoms with E-state index in [1.165, 1.54) is 15.9 Å². The van der Waals surface area contributed by atoms with Crippen LogP contribution < -0.4 is 22.1 Å². The van der Waals surface area contributed by atoms with Gasteiger partial charge < -0.3 is 4.74 Å². The topological polar surface area (TPSA) is 94.4 Å². The number of thiophene rings is 1. The first-order valence-electron chi connectivity index (χ1n) is 9.63. The highest BCUT2D eigenvalue weighted by Crippen LogP contribution is 2.34. The molecule has 0 bridgehead atoms. The number of aromatic nitrogens is 2. The zero-order valence-corrected chi connectivity index (χ0v) is 17.9. The molecule has 154 valence electrons. The summed E-state index contributed by atoms with van der Waals surface area (Å²) in [6.07, 6.45) is 2.00. The minimum atomic E-state index is -0.580. The van der Waals surface area contributed by atoms with Crippen molar-refractivity contribution < 1.29 is 9.53 Å². The molecule has 28 heavy (non-hydrogen) atoms. The first-order valence-corrected chi connectivity index (χ1v) is 10.4. The van der Waals surface area contributed by atoms with Crippen molar-refractivity contribution in [2.24, 2.45) is 0 Å². The van der Waals surface area contributed by atoms with Crippen LogP contribution >= 0.6 is 11.3 Å². The SMILES string of the molecule is CCCn1c(=O)n(C2CC2)c(=O)c2c(C)c(CNNC(=O)OC(C)(C)C)sc21. The van der Waals surface area contributed by atoms with Crippen LogP contribution in [0.1, 0.15) is 63.4 Å². The Morgan fingerprint density at radius 1 is 1.29 bits per heavy atom. The second kappa shape index (κ2) is 7.71. The second-order valence-electron chi connectivity index (χ2n) is 8.15. The molecule has 0 unspecified atom stereocenters. The van der Waals surface area contributed by atoms with Crippen molar-refractivity contribution in [1.82, 2.24) is 20.0 Å². The molecule has 0 spiro atoms. The third-order valence-corrected chi connectivity index (χ3v) is 5.85. The molecule has 1 aliphatic carbocycles. The Labute approximate surface area is 167 Å². The maximum absolute atomic E-state index is 13.0. The van der Waals surface area contributed by atoms with Crippen LogP contribution in [0, 0.1) is 6.92 Å². The number of carbonyl (C=O) groups excluding carboxylic acids is 1. The van der Waals surface area contributed by atoms with Crippen LogP contribution in [-0.4, -0.2) is 20.8 Å². The molecule has 0 atom stereocenters. The molecule has 1 fully saturated rings.